The number of hydrogen-bond acceptors (Lipinski definition) is 2. The van der Waals surface area contributed by atoms with E-state index in [2.05, 4.69) is 10.6 Å². The first-order chi connectivity index (χ1) is 8.45. The van der Waals surface area contributed by atoms with Crippen molar-refractivity contribution in [2.75, 3.05) is 11.9 Å². The lowest BCUT2D eigenvalue weighted by atomic mass is 9.89. The first-order valence-corrected chi connectivity index (χ1v) is 6.28. The summed E-state index contributed by atoms with van der Waals surface area (Å²) in [5.74, 6) is 0.134. The van der Waals surface area contributed by atoms with Crippen molar-refractivity contribution in [3.05, 3.63) is 30.3 Å². The quantitative estimate of drug-likeness (QED) is 0.752. The number of amides is 2. The molecule has 0 aromatic heterocycles. The van der Waals surface area contributed by atoms with Gasteiger partial charge in [0.25, 0.3) is 0 Å². The standard InChI is InChI=1S/C14H22N2O2/c1-4-11(2)14(3,18)10-15-13(17)16-12-8-6-5-7-9-12/h5-9,11,18H,4,10H2,1-3H3,(H2,15,16,17). The fraction of sp³-hybridized carbons (Fsp3) is 0.500. The molecule has 0 fully saturated rings. The van der Waals surface area contributed by atoms with Crippen LogP contribution in [0.25, 0.3) is 0 Å². The van der Waals surface area contributed by atoms with Crippen LogP contribution in [0.3, 0.4) is 0 Å². The summed E-state index contributed by atoms with van der Waals surface area (Å²) in [6, 6.07) is 8.91. The smallest absolute Gasteiger partial charge is 0.319 e. The molecular weight excluding hydrogens is 228 g/mol. The number of benzene rings is 1. The second-order valence-electron chi connectivity index (χ2n) is 4.84. The highest BCUT2D eigenvalue weighted by Gasteiger charge is 2.27. The Labute approximate surface area is 108 Å². The molecule has 2 amide bonds. The molecule has 0 bridgehead atoms. The Balaban J connectivity index is 2.42. The summed E-state index contributed by atoms with van der Waals surface area (Å²) in [4.78, 5) is 11.6. The molecule has 3 N–H and O–H groups in total. The number of urea groups is 1. The average Bonchev–Trinajstić information content (AvgIpc) is 2.36. The largest absolute Gasteiger partial charge is 0.388 e. The predicted octanol–water partition coefficient (Wildman–Crippen LogP) is 2.61. The minimum atomic E-state index is -0.886. The Kier molecular flexibility index (Phi) is 5.16. The Morgan fingerprint density at radius 2 is 2.00 bits per heavy atom. The minimum absolute atomic E-state index is 0.134. The van der Waals surface area contributed by atoms with Gasteiger partial charge in [-0.3, -0.25) is 0 Å². The van der Waals surface area contributed by atoms with Crippen LogP contribution in [0.2, 0.25) is 0 Å². The van der Waals surface area contributed by atoms with Crippen LogP contribution >= 0.6 is 0 Å². The first-order valence-electron chi connectivity index (χ1n) is 6.28. The van der Waals surface area contributed by atoms with Crippen molar-refractivity contribution in [3.8, 4) is 0 Å². The number of hydrogen-bond donors (Lipinski definition) is 3. The van der Waals surface area contributed by atoms with E-state index >= 15 is 0 Å². The average molecular weight is 250 g/mol. The molecule has 0 spiro atoms. The van der Waals surface area contributed by atoms with Crippen molar-refractivity contribution < 1.29 is 9.90 Å². The van der Waals surface area contributed by atoms with Crippen molar-refractivity contribution in [2.24, 2.45) is 5.92 Å². The predicted molar refractivity (Wildman–Crippen MR) is 73.5 cm³/mol. The van der Waals surface area contributed by atoms with Crippen LogP contribution in [-0.4, -0.2) is 23.3 Å². The topological polar surface area (TPSA) is 61.4 Å². The van der Waals surface area contributed by atoms with Gasteiger partial charge in [-0.05, 0) is 25.0 Å². The fourth-order valence-electron chi connectivity index (χ4n) is 1.57. The third-order valence-corrected chi connectivity index (χ3v) is 3.31. The maximum absolute atomic E-state index is 11.6. The molecule has 0 saturated carbocycles. The second kappa shape index (κ2) is 6.40. The van der Waals surface area contributed by atoms with Crippen LogP contribution in [0.5, 0.6) is 0 Å². The molecular formula is C14H22N2O2. The Hall–Kier alpha value is -1.55. The molecule has 0 aliphatic rings. The summed E-state index contributed by atoms with van der Waals surface area (Å²) < 4.78 is 0. The Morgan fingerprint density at radius 3 is 2.56 bits per heavy atom. The van der Waals surface area contributed by atoms with Crippen molar-refractivity contribution in [2.45, 2.75) is 32.8 Å². The zero-order valence-electron chi connectivity index (χ0n) is 11.2. The second-order valence-corrected chi connectivity index (χ2v) is 4.84. The van der Waals surface area contributed by atoms with Crippen LogP contribution in [0.15, 0.2) is 30.3 Å². The third-order valence-electron chi connectivity index (χ3n) is 3.31. The summed E-state index contributed by atoms with van der Waals surface area (Å²) in [6.45, 7) is 5.96. The maximum atomic E-state index is 11.6. The van der Waals surface area contributed by atoms with E-state index in [0.717, 1.165) is 12.1 Å². The van der Waals surface area contributed by atoms with Crippen molar-refractivity contribution >= 4 is 11.7 Å². The lowest BCUT2D eigenvalue weighted by molar-refractivity contribution is 0.00827. The summed E-state index contributed by atoms with van der Waals surface area (Å²) in [6.07, 6.45) is 0.870. The number of carbonyl (C=O) groups is 1. The normalized spacial score (nSPS) is 15.6. The summed E-state index contributed by atoms with van der Waals surface area (Å²) in [5.41, 5.74) is -0.152. The van der Waals surface area contributed by atoms with E-state index in [1.54, 1.807) is 6.92 Å². The molecule has 0 aliphatic carbocycles. The van der Waals surface area contributed by atoms with Gasteiger partial charge in [0, 0.05) is 12.2 Å². The fourth-order valence-corrected chi connectivity index (χ4v) is 1.57. The minimum Gasteiger partial charge on any atom is -0.388 e. The first kappa shape index (κ1) is 14.5. The lowest BCUT2D eigenvalue weighted by Crippen LogP contribution is -2.46. The Morgan fingerprint density at radius 1 is 1.39 bits per heavy atom. The number of rotatable bonds is 5. The van der Waals surface area contributed by atoms with Crippen LogP contribution in [0, 0.1) is 5.92 Å². The van der Waals surface area contributed by atoms with Gasteiger partial charge < -0.3 is 15.7 Å². The highest BCUT2D eigenvalue weighted by molar-refractivity contribution is 5.89. The van der Waals surface area contributed by atoms with Crippen molar-refractivity contribution in [1.29, 1.82) is 0 Å². The molecule has 4 heteroatoms. The van der Waals surface area contributed by atoms with Crippen molar-refractivity contribution in [1.82, 2.24) is 5.32 Å². The molecule has 2 unspecified atom stereocenters. The van der Waals surface area contributed by atoms with E-state index in [1.807, 2.05) is 44.2 Å². The van der Waals surface area contributed by atoms with Gasteiger partial charge in [-0.15, -0.1) is 0 Å². The van der Waals surface area contributed by atoms with Gasteiger partial charge in [-0.1, -0.05) is 38.5 Å². The van der Waals surface area contributed by atoms with Gasteiger partial charge in [0.1, 0.15) is 0 Å². The molecule has 0 aliphatic heterocycles. The monoisotopic (exact) mass is 250 g/mol. The number of anilines is 1. The number of carbonyl (C=O) groups excluding carboxylic acids is 1. The maximum Gasteiger partial charge on any atom is 0.319 e. The lowest BCUT2D eigenvalue weighted by Gasteiger charge is -2.29. The number of aliphatic hydroxyl groups is 1. The molecule has 0 heterocycles. The van der Waals surface area contributed by atoms with E-state index in [-0.39, 0.29) is 18.5 Å². The van der Waals surface area contributed by atoms with Gasteiger partial charge in [-0.2, -0.15) is 0 Å². The summed E-state index contributed by atoms with van der Waals surface area (Å²) >= 11 is 0. The molecule has 100 valence electrons. The number of nitrogens with one attached hydrogen (secondary N) is 2. The van der Waals surface area contributed by atoms with Gasteiger partial charge in [0.2, 0.25) is 0 Å². The van der Waals surface area contributed by atoms with E-state index in [4.69, 9.17) is 0 Å². The van der Waals surface area contributed by atoms with Crippen LogP contribution in [0.1, 0.15) is 27.2 Å². The van der Waals surface area contributed by atoms with E-state index in [9.17, 15) is 9.90 Å². The highest BCUT2D eigenvalue weighted by atomic mass is 16.3. The van der Waals surface area contributed by atoms with Crippen LogP contribution < -0.4 is 10.6 Å². The zero-order valence-corrected chi connectivity index (χ0v) is 11.2. The highest BCUT2D eigenvalue weighted by Crippen LogP contribution is 2.18. The molecule has 18 heavy (non-hydrogen) atoms. The Bertz CT molecular complexity index is 377. The summed E-state index contributed by atoms with van der Waals surface area (Å²) in [7, 11) is 0. The SMILES string of the molecule is CCC(C)C(C)(O)CNC(=O)Nc1ccccc1. The third kappa shape index (κ3) is 4.37. The van der Waals surface area contributed by atoms with Crippen LogP contribution in [-0.2, 0) is 0 Å². The molecule has 4 nitrogen and oxygen atoms in total. The van der Waals surface area contributed by atoms with Gasteiger partial charge >= 0.3 is 6.03 Å². The van der Waals surface area contributed by atoms with Crippen LogP contribution in [0.4, 0.5) is 10.5 Å². The summed E-state index contributed by atoms with van der Waals surface area (Å²) in [5, 5.41) is 15.6. The molecule has 1 aromatic rings. The zero-order chi connectivity index (χ0) is 13.6. The van der Waals surface area contributed by atoms with Gasteiger partial charge in [0.05, 0.1) is 5.60 Å². The van der Waals surface area contributed by atoms with E-state index in [0.29, 0.717) is 0 Å². The molecule has 1 aromatic carbocycles. The number of para-hydroxylation sites is 1. The van der Waals surface area contributed by atoms with Gasteiger partial charge in [-0.25, -0.2) is 4.79 Å². The molecule has 1 rings (SSSR count). The van der Waals surface area contributed by atoms with E-state index in [1.165, 1.54) is 0 Å². The van der Waals surface area contributed by atoms with Crippen molar-refractivity contribution in [3.63, 3.8) is 0 Å². The molecule has 0 radical (unpaired) electrons. The molecule has 2 atom stereocenters. The van der Waals surface area contributed by atoms with E-state index < -0.39 is 5.60 Å². The molecule has 0 saturated heterocycles. The van der Waals surface area contributed by atoms with Gasteiger partial charge in [0.15, 0.2) is 0 Å².